The fraction of sp³-hybridized carbons (Fsp3) is 0.443. The Morgan fingerprint density at radius 3 is 2.10 bits per heavy atom. The normalized spacial score (nSPS) is 12.1. The van der Waals surface area contributed by atoms with E-state index in [0.717, 1.165) is 85.0 Å². The third kappa shape index (κ3) is 20.1. The van der Waals surface area contributed by atoms with Crippen molar-refractivity contribution >= 4 is 87.6 Å². The second-order valence-electron chi connectivity index (χ2n) is 19.9. The Morgan fingerprint density at radius 2 is 1.41 bits per heavy atom. The van der Waals surface area contributed by atoms with Crippen molar-refractivity contribution in [3.63, 3.8) is 0 Å². The first-order chi connectivity index (χ1) is 39.5. The number of rotatable bonds is 36. The molecule has 20 nitrogen and oxygen atoms in total. The van der Waals surface area contributed by atoms with Crippen molar-refractivity contribution in [3.05, 3.63) is 101 Å². The second-order valence-corrected chi connectivity index (χ2v) is 20.3. The molecule has 0 unspecified atom stereocenters. The van der Waals surface area contributed by atoms with E-state index < -0.39 is 48.5 Å². The number of fused-ring (bicyclic) bond motifs is 2. The number of urea groups is 1. The Kier molecular flexibility index (Phi) is 26.4. The molecule has 3 aromatic rings. The van der Waals surface area contributed by atoms with Gasteiger partial charge in [-0.05, 0) is 113 Å². The number of carboxylic acid groups (broad SMARTS) is 3. The van der Waals surface area contributed by atoms with Crippen LogP contribution in [0.5, 0.6) is 0 Å². The van der Waals surface area contributed by atoms with Crippen LogP contribution in [-0.2, 0) is 39.9 Å². The first-order valence-corrected chi connectivity index (χ1v) is 28.6. The Bertz CT molecular complexity index is 3050. The highest BCUT2D eigenvalue weighted by atomic mass is 32.1. The molecule has 3 aromatic carbocycles. The Balaban J connectivity index is 1.06. The lowest BCUT2D eigenvalue weighted by Gasteiger charge is -2.22. The lowest BCUT2D eigenvalue weighted by atomic mass is 9.90. The number of carboxylic acids is 3. The van der Waals surface area contributed by atoms with Gasteiger partial charge in [0.2, 0.25) is 11.3 Å². The largest absolute Gasteiger partial charge is 0.481 e. The molecule has 0 saturated heterocycles. The molecule has 0 bridgehead atoms. The third-order valence-corrected chi connectivity index (χ3v) is 14.4. The van der Waals surface area contributed by atoms with Crippen LogP contribution in [0.4, 0.5) is 16.2 Å². The summed E-state index contributed by atoms with van der Waals surface area (Å²) in [5.74, 6) is -4.30. The smallest absolute Gasteiger partial charge is 0.336 e. The van der Waals surface area contributed by atoms with Crippen molar-refractivity contribution in [2.24, 2.45) is 5.92 Å². The maximum atomic E-state index is 13.4. The van der Waals surface area contributed by atoms with Gasteiger partial charge in [0.25, 0.3) is 6.47 Å². The summed E-state index contributed by atoms with van der Waals surface area (Å²) in [6, 6.07) is 24.3. The fourth-order valence-electron chi connectivity index (χ4n) is 9.80. The van der Waals surface area contributed by atoms with Gasteiger partial charge < -0.3 is 56.0 Å². The highest BCUT2D eigenvalue weighted by Crippen LogP contribution is 2.42. The summed E-state index contributed by atoms with van der Waals surface area (Å²) in [4.78, 5) is 100. The van der Waals surface area contributed by atoms with Gasteiger partial charge in [-0.2, -0.15) is 0 Å². The SMILES string of the molecule is CCN(CC)c1ccc2c(-c3ccc(NC(=S)NCCCCCCCC(=O)C[C@@H](Cc4ccccc4)C(=O)NCCCC(=O)CC[C@H](NC(=O)N[C@@H](CCC(=O)O)OC=O)C(=O)O)cc3C(=O)O)c3ccc(=[N+](CC)CC)cc-3oc2c1. The van der Waals surface area contributed by atoms with Crippen molar-refractivity contribution in [3.8, 4) is 22.5 Å². The molecule has 5 rings (SSSR count). The molecular formula is C61H78N7O13S+. The van der Waals surface area contributed by atoms with Crippen LogP contribution < -0.4 is 41.4 Å². The maximum absolute atomic E-state index is 13.4. The van der Waals surface area contributed by atoms with Crippen LogP contribution in [-0.4, -0.2) is 120 Å². The molecule has 0 radical (unpaired) electrons. The van der Waals surface area contributed by atoms with Crippen LogP contribution in [0.1, 0.15) is 127 Å². The minimum absolute atomic E-state index is 0.0227. The number of thiocarbonyl (C=S) groups is 1. The predicted octanol–water partition coefficient (Wildman–Crippen LogP) is 8.37. The highest BCUT2D eigenvalue weighted by Gasteiger charge is 2.26. The van der Waals surface area contributed by atoms with Crippen LogP contribution in [0.2, 0.25) is 0 Å². The van der Waals surface area contributed by atoms with Crippen molar-refractivity contribution < 1.29 is 62.8 Å². The number of amides is 3. The van der Waals surface area contributed by atoms with Crippen LogP contribution in [0.25, 0.3) is 33.4 Å². The molecule has 1 aliphatic carbocycles. The van der Waals surface area contributed by atoms with E-state index in [1.165, 1.54) is 0 Å². The molecule has 21 heteroatoms. The van der Waals surface area contributed by atoms with E-state index in [-0.39, 0.29) is 74.6 Å². The number of ether oxygens (including phenoxy) is 1. The number of carbonyl (C=O) groups excluding carboxylic acids is 5. The fourth-order valence-corrected chi connectivity index (χ4v) is 10.0. The van der Waals surface area contributed by atoms with Crippen LogP contribution in [0, 0.1) is 5.92 Å². The van der Waals surface area contributed by atoms with Gasteiger partial charge in [0.05, 0.1) is 18.1 Å². The number of aliphatic carboxylic acids is 2. The van der Waals surface area contributed by atoms with Crippen molar-refractivity contribution in [1.29, 1.82) is 0 Å². The Labute approximate surface area is 483 Å². The van der Waals surface area contributed by atoms with Gasteiger partial charge in [0.1, 0.15) is 42.0 Å². The van der Waals surface area contributed by atoms with Gasteiger partial charge >= 0.3 is 23.9 Å². The zero-order valence-corrected chi connectivity index (χ0v) is 48.1. The van der Waals surface area contributed by atoms with Crippen LogP contribution in [0.15, 0.2) is 89.3 Å². The zero-order valence-electron chi connectivity index (χ0n) is 47.3. The third-order valence-electron chi connectivity index (χ3n) is 14.2. The lowest BCUT2D eigenvalue weighted by Crippen LogP contribution is -2.49. The van der Waals surface area contributed by atoms with Gasteiger partial charge in [0, 0.05) is 104 Å². The number of nitrogens with one attached hydrogen (secondary N) is 5. The monoisotopic (exact) mass is 1150 g/mol. The molecule has 0 spiro atoms. The maximum Gasteiger partial charge on any atom is 0.336 e. The summed E-state index contributed by atoms with van der Waals surface area (Å²) in [6.07, 6.45) is 2.65. The first kappa shape index (κ1) is 64.6. The quantitative estimate of drug-likeness (QED) is 0.00467. The van der Waals surface area contributed by atoms with E-state index in [1.807, 2.05) is 66.7 Å². The lowest BCUT2D eigenvalue weighted by molar-refractivity contribution is -0.141. The number of nitrogens with zero attached hydrogens (tertiary/aromatic N) is 2. The number of Topliss-reactive ketones (excluding diaryl/α,β-unsaturated/α-hetero) is 2. The number of ketones is 2. The van der Waals surface area contributed by atoms with Gasteiger partial charge in [0.15, 0.2) is 11.3 Å². The molecule has 440 valence electrons. The van der Waals surface area contributed by atoms with E-state index in [1.54, 1.807) is 6.07 Å². The molecule has 8 N–H and O–H groups in total. The Hall–Kier alpha value is -8.20. The average Bonchev–Trinajstić information content (AvgIpc) is 3.60. The first-order valence-electron chi connectivity index (χ1n) is 28.2. The molecule has 3 atom stereocenters. The summed E-state index contributed by atoms with van der Waals surface area (Å²) in [6.45, 7) is 12.5. The van der Waals surface area contributed by atoms with Gasteiger partial charge in [-0.25, -0.2) is 19.0 Å². The number of anilines is 2. The summed E-state index contributed by atoms with van der Waals surface area (Å²) in [5.41, 5.74) is 5.34. The van der Waals surface area contributed by atoms with Crippen LogP contribution >= 0.6 is 12.2 Å². The number of benzene rings is 4. The summed E-state index contributed by atoms with van der Waals surface area (Å²) in [7, 11) is 0. The number of hydrogen-bond acceptors (Lipinski definition) is 12. The van der Waals surface area contributed by atoms with Gasteiger partial charge in [-0.1, -0.05) is 55.7 Å². The van der Waals surface area contributed by atoms with E-state index in [0.29, 0.717) is 53.5 Å². The molecule has 0 fully saturated rings. The summed E-state index contributed by atoms with van der Waals surface area (Å²) >= 11 is 5.63. The molecule has 0 aromatic heterocycles. The standard InChI is InChI=1S/C61H77N7O13S/c1-5-67(6-2)43-23-27-48-52(37-43)81-53-38-44(68(7-3)8-4)24-28-49(53)56(48)47-26-22-42(36-50(47)58(75)76)64-61(82)63-32-16-11-9-10-15-20-46(71)35-41(34-40-18-13-12-14-19-40)57(74)62-33-17-21-45(70)25-29-51(59(77)78)65-60(79)66-54(80-39-69)30-31-55(72)73/h12-14,18-19,22-24,26-28,36-39,41,51,54H,5-11,15-17,20-21,25,29-35H2,1-4H3,(H7,62,63,65,66,72,73,74,75,76,77,78,79,82)/p+1/t41-,51+,54-/m1/s1. The summed E-state index contributed by atoms with van der Waals surface area (Å²) < 4.78 is 13.5. The number of hydrogen-bond donors (Lipinski definition) is 8. The minimum atomic E-state index is -1.47. The summed E-state index contributed by atoms with van der Waals surface area (Å²) in [5, 5.41) is 44.9. The van der Waals surface area contributed by atoms with E-state index >= 15 is 0 Å². The van der Waals surface area contributed by atoms with Crippen molar-refractivity contribution in [1.82, 2.24) is 25.8 Å². The number of unbranched alkanes of at least 4 members (excludes halogenated alkanes) is 4. The average molecular weight is 1150 g/mol. The molecule has 82 heavy (non-hydrogen) atoms. The molecule has 1 heterocycles. The molecular weight excluding hydrogens is 1070 g/mol. The molecule has 1 aliphatic heterocycles. The van der Waals surface area contributed by atoms with Crippen molar-refractivity contribution in [2.75, 3.05) is 49.5 Å². The van der Waals surface area contributed by atoms with E-state index in [4.69, 9.17) is 21.7 Å². The van der Waals surface area contributed by atoms with Crippen molar-refractivity contribution in [2.45, 2.75) is 130 Å². The molecule has 2 aliphatic rings. The topological polar surface area (TPSA) is 286 Å². The predicted molar refractivity (Wildman–Crippen MR) is 318 cm³/mol. The molecule has 0 saturated carbocycles. The Morgan fingerprint density at radius 1 is 0.720 bits per heavy atom. The van der Waals surface area contributed by atoms with E-state index in [9.17, 15) is 48.6 Å². The number of aromatic carboxylic acids is 1. The zero-order chi connectivity index (χ0) is 59.6. The van der Waals surface area contributed by atoms with E-state index in [2.05, 4.69) is 80.6 Å². The van der Waals surface area contributed by atoms with Crippen LogP contribution in [0.3, 0.4) is 0 Å². The number of carbonyl (C=O) groups is 8. The highest BCUT2D eigenvalue weighted by molar-refractivity contribution is 7.80. The van der Waals surface area contributed by atoms with Gasteiger partial charge in [-0.15, -0.1) is 0 Å². The minimum Gasteiger partial charge on any atom is -0.481 e. The molecule has 3 amide bonds. The van der Waals surface area contributed by atoms with Gasteiger partial charge in [-0.3, -0.25) is 24.0 Å². The second kappa shape index (κ2) is 33.5.